The Hall–Kier alpha value is -0.820. The van der Waals surface area contributed by atoms with Gasteiger partial charge in [-0.05, 0) is 42.9 Å². The number of rotatable bonds is 4. The average Bonchev–Trinajstić information content (AvgIpc) is 2.62. The lowest BCUT2D eigenvalue weighted by atomic mass is 10.1. The molecule has 1 aliphatic carbocycles. The molecule has 0 bridgehead atoms. The summed E-state index contributed by atoms with van der Waals surface area (Å²) in [5, 5.41) is 3.67. The molecule has 0 heterocycles. The highest BCUT2D eigenvalue weighted by Crippen LogP contribution is 2.30. The van der Waals surface area contributed by atoms with Gasteiger partial charge in [-0.1, -0.05) is 38.1 Å². The van der Waals surface area contributed by atoms with Crippen LogP contribution in [0.25, 0.3) is 0 Å². The van der Waals surface area contributed by atoms with Crippen molar-refractivity contribution in [3.63, 3.8) is 0 Å². The van der Waals surface area contributed by atoms with E-state index in [2.05, 4.69) is 43.4 Å². The number of hydrogen-bond acceptors (Lipinski definition) is 1. The molecule has 1 aliphatic rings. The summed E-state index contributed by atoms with van der Waals surface area (Å²) in [6, 6.07) is 9.45. The molecule has 0 aromatic heterocycles. The molecule has 1 nitrogen and oxygen atoms in total. The van der Waals surface area contributed by atoms with E-state index < -0.39 is 0 Å². The molecule has 0 saturated heterocycles. The topological polar surface area (TPSA) is 12.0 Å². The van der Waals surface area contributed by atoms with Crippen LogP contribution in [-0.2, 0) is 6.42 Å². The first kappa shape index (κ1) is 10.7. The number of hydrogen-bond donors (Lipinski definition) is 1. The number of nitrogens with one attached hydrogen (secondary N) is 1. The van der Waals surface area contributed by atoms with Crippen molar-refractivity contribution in [2.45, 2.75) is 39.2 Å². The van der Waals surface area contributed by atoms with Crippen LogP contribution >= 0.6 is 0 Å². The zero-order chi connectivity index (χ0) is 10.7. The van der Waals surface area contributed by atoms with Crippen LogP contribution in [0.5, 0.6) is 0 Å². The Morgan fingerprint density at radius 2 is 2.13 bits per heavy atom. The quantitative estimate of drug-likeness (QED) is 0.791. The third-order valence-electron chi connectivity index (χ3n) is 3.25. The van der Waals surface area contributed by atoms with Crippen molar-refractivity contribution in [1.82, 2.24) is 5.32 Å². The van der Waals surface area contributed by atoms with E-state index in [0.29, 0.717) is 6.04 Å². The van der Waals surface area contributed by atoms with Crippen LogP contribution in [0, 0.1) is 5.92 Å². The smallest absolute Gasteiger partial charge is 0.0326 e. The summed E-state index contributed by atoms with van der Waals surface area (Å²) in [7, 11) is 0. The summed E-state index contributed by atoms with van der Waals surface area (Å²) < 4.78 is 0. The normalized spacial score (nSPS) is 19.5. The molecule has 1 aromatic carbocycles. The minimum atomic E-state index is 0.611. The van der Waals surface area contributed by atoms with Crippen LogP contribution in [0.1, 0.15) is 43.9 Å². The first-order valence-electron chi connectivity index (χ1n) is 6.08. The monoisotopic (exact) mass is 203 g/mol. The van der Waals surface area contributed by atoms with Crippen LogP contribution in [0.3, 0.4) is 0 Å². The van der Waals surface area contributed by atoms with E-state index in [-0.39, 0.29) is 0 Å². The minimum Gasteiger partial charge on any atom is -0.310 e. The van der Waals surface area contributed by atoms with E-state index in [4.69, 9.17) is 0 Å². The molecule has 0 amide bonds. The van der Waals surface area contributed by atoms with Gasteiger partial charge in [0, 0.05) is 6.04 Å². The number of fused-ring (bicyclic) bond motifs is 1. The Morgan fingerprint density at radius 3 is 2.93 bits per heavy atom. The molecular formula is C14H21N. The van der Waals surface area contributed by atoms with E-state index in [1.165, 1.54) is 24.8 Å². The van der Waals surface area contributed by atoms with E-state index >= 15 is 0 Å². The molecule has 0 saturated carbocycles. The predicted molar refractivity (Wildman–Crippen MR) is 65.0 cm³/mol. The van der Waals surface area contributed by atoms with E-state index in [1.807, 2.05) is 0 Å². The van der Waals surface area contributed by atoms with Gasteiger partial charge in [0.15, 0.2) is 0 Å². The highest BCUT2D eigenvalue weighted by atomic mass is 14.9. The first-order valence-corrected chi connectivity index (χ1v) is 6.08. The van der Waals surface area contributed by atoms with Crippen LogP contribution < -0.4 is 5.32 Å². The second-order valence-electron chi connectivity index (χ2n) is 4.93. The summed E-state index contributed by atoms with van der Waals surface area (Å²) in [5.74, 6) is 0.800. The number of aryl methyl sites for hydroxylation is 1. The lowest BCUT2D eigenvalue weighted by molar-refractivity contribution is 0.476. The Bertz CT molecular complexity index is 317. The summed E-state index contributed by atoms with van der Waals surface area (Å²) in [6.07, 6.45) is 3.80. The highest BCUT2D eigenvalue weighted by molar-refractivity contribution is 5.34. The van der Waals surface area contributed by atoms with E-state index in [9.17, 15) is 0 Å². The average molecular weight is 203 g/mol. The molecule has 0 aliphatic heterocycles. The summed E-state index contributed by atoms with van der Waals surface area (Å²) >= 11 is 0. The lowest BCUT2D eigenvalue weighted by Gasteiger charge is -2.14. The largest absolute Gasteiger partial charge is 0.310 e. The Balaban J connectivity index is 1.90. The SMILES string of the molecule is CC(C)CCN[C@@H]1CCc2ccccc21. The van der Waals surface area contributed by atoms with Gasteiger partial charge in [-0.3, -0.25) is 0 Å². The van der Waals surface area contributed by atoms with Crippen molar-refractivity contribution in [1.29, 1.82) is 0 Å². The van der Waals surface area contributed by atoms with Crippen molar-refractivity contribution >= 4 is 0 Å². The van der Waals surface area contributed by atoms with Crippen molar-refractivity contribution in [2.75, 3.05) is 6.54 Å². The summed E-state index contributed by atoms with van der Waals surface area (Å²) in [5.41, 5.74) is 3.07. The van der Waals surface area contributed by atoms with E-state index in [0.717, 1.165) is 12.5 Å². The second-order valence-corrected chi connectivity index (χ2v) is 4.93. The molecule has 82 valence electrons. The van der Waals surface area contributed by atoms with Crippen molar-refractivity contribution in [2.24, 2.45) is 5.92 Å². The van der Waals surface area contributed by atoms with Gasteiger partial charge in [-0.15, -0.1) is 0 Å². The van der Waals surface area contributed by atoms with Crippen LogP contribution in [-0.4, -0.2) is 6.54 Å². The lowest BCUT2D eigenvalue weighted by Crippen LogP contribution is -2.21. The summed E-state index contributed by atoms with van der Waals surface area (Å²) in [6.45, 7) is 5.71. The maximum atomic E-state index is 3.67. The minimum absolute atomic E-state index is 0.611. The molecule has 1 N–H and O–H groups in total. The molecule has 0 fully saturated rings. The standard InChI is InChI=1S/C14H21N/c1-11(2)9-10-15-14-8-7-12-5-3-4-6-13(12)14/h3-6,11,14-15H,7-10H2,1-2H3/t14-/m1/s1. The fraction of sp³-hybridized carbons (Fsp3) is 0.571. The molecule has 0 unspecified atom stereocenters. The van der Waals surface area contributed by atoms with Gasteiger partial charge in [0.2, 0.25) is 0 Å². The predicted octanol–water partition coefficient (Wildman–Crippen LogP) is 3.31. The third-order valence-corrected chi connectivity index (χ3v) is 3.25. The van der Waals surface area contributed by atoms with Crippen LogP contribution in [0.15, 0.2) is 24.3 Å². The highest BCUT2D eigenvalue weighted by Gasteiger charge is 2.20. The van der Waals surface area contributed by atoms with Crippen LogP contribution in [0.4, 0.5) is 0 Å². The zero-order valence-corrected chi connectivity index (χ0v) is 9.79. The second kappa shape index (κ2) is 4.80. The van der Waals surface area contributed by atoms with Gasteiger partial charge in [-0.25, -0.2) is 0 Å². The zero-order valence-electron chi connectivity index (χ0n) is 9.79. The van der Waals surface area contributed by atoms with Gasteiger partial charge in [0.1, 0.15) is 0 Å². The van der Waals surface area contributed by atoms with Crippen molar-refractivity contribution < 1.29 is 0 Å². The van der Waals surface area contributed by atoms with Crippen molar-refractivity contribution in [3.05, 3.63) is 35.4 Å². The molecular weight excluding hydrogens is 182 g/mol. The Kier molecular flexibility index (Phi) is 3.42. The van der Waals surface area contributed by atoms with Gasteiger partial charge in [-0.2, -0.15) is 0 Å². The molecule has 15 heavy (non-hydrogen) atoms. The first-order chi connectivity index (χ1) is 7.27. The van der Waals surface area contributed by atoms with Crippen LogP contribution in [0.2, 0.25) is 0 Å². The van der Waals surface area contributed by atoms with Gasteiger partial charge in [0.05, 0.1) is 0 Å². The van der Waals surface area contributed by atoms with Gasteiger partial charge >= 0.3 is 0 Å². The molecule has 0 radical (unpaired) electrons. The fourth-order valence-corrected chi connectivity index (χ4v) is 2.32. The van der Waals surface area contributed by atoms with Gasteiger partial charge < -0.3 is 5.32 Å². The summed E-state index contributed by atoms with van der Waals surface area (Å²) in [4.78, 5) is 0. The Labute approximate surface area is 92.9 Å². The maximum Gasteiger partial charge on any atom is 0.0326 e. The third kappa shape index (κ3) is 2.60. The Morgan fingerprint density at radius 1 is 1.33 bits per heavy atom. The molecule has 1 atom stereocenters. The molecule has 1 heteroatoms. The molecule has 2 rings (SSSR count). The maximum absolute atomic E-state index is 3.67. The van der Waals surface area contributed by atoms with Gasteiger partial charge in [0.25, 0.3) is 0 Å². The van der Waals surface area contributed by atoms with E-state index in [1.54, 1.807) is 5.56 Å². The molecule has 1 aromatic rings. The molecule has 0 spiro atoms. The fourth-order valence-electron chi connectivity index (χ4n) is 2.32. The number of benzene rings is 1. The van der Waals surface area contributed by atoms with Crippen molar-refractivity contribution in [3.8, 4) is 0 Å².